The molecule has 0 unspecified atom stereocenters. The summed E-state index contributed by atoms with van der Waals surface area (Å²) >= 11 is 0. The summed E-state index contributed by atoms with van der Waals surface area (Å²) in [4.78, 5) is 0. The predicted molar refractivity (Wildman–Crippen MR) is 72.7 cm³/mol. The monoisotopic (exact) mass is 228 g/mol. The first-order valence-electron chi connectivity index (χ1n) is 6.50. The summed E-state index contributed by atoms with van der Waals surface area (Å²) in [6.45, 7) is 20.7. The van der Waals surface area contributed by atoms with Crippen LogP contribution in [0.1, 0.15) is 62.3 Å². The van der Waals surface area contributed by atoms with Crippen molar-refractivity contribution in [2.24, 2.45) is 22.7 Å². The van der Waals surface area contributed by atoms with E-state index in [1.807, 2.05) is 7.11 Å². The highest BCUT2D eigenvalue weighted by molar-refractivity contribution is 5.03. The van der Waals surface area contributed by atoms with Gasteiger partial charge in [0, 0.05) is 7.11 Å². The highest BCUT2D eigenvalue weighted by Gasteiger charge is 2.54. The Morgan fingerprint density at radius 1 is 0.688 bits per heavy atom. The molecule has 0 rings (SSSR count). The molecule has 0 spiro atoms. The Morgan fingerprint density at radius 2 is 0.938 bits per heavy atom. The summed E-state index contributed by atoms with van der Waals surface area (Å²) in [7, 11) is 1.86. The van der Waals surface area contributed by atoms with Crippen molar-refractivity contribution in [3.05, 3.63) is 0 Å². The van der Waals surface area contributed by atoms with Gasteiger partial charge in [0.2, 0.25) is 0 Å². The van der Waals surface area contributed by atoms with E-state index in [-0.39, 0.29) is 16.4 Å². The number of rotatable bonds is 5. The molecule has 0 aliphatic carbocycles. The summed E-state index contributed by atoms with van der Waals surface area (Å²) in [5.74, 6) is 1.19. The maximum Gasteiger partial charge on any atom is 0.0756 e. The van der Waals surface area contributed by atoms with E-state index in [0.717, 1.165) is 0 Å². The Morgan fingerprint density at radius 3 is 1.06 bits per heavy atom. The summed E-state index contributed by atoms with van der Waals surface area (Å²) in [5.41, 5.74) is 0.174. The van der Waals surface area contributed by atoms with E-state index in [1.54, 1.807) is 0 Å². The SMILES string of the molecule is COC(C)(C(C)(C)C(C)C)C(C)(C)C(C)C. The Labute approximate surface area is 103 Å². The van der Waals surface area contributed by atoms with Gasteiger partial charge >= 0.3 is 0 Å². The van der Waals surface area contributed by atoms with E-state index in [0.29, 0.717) is 11.8 Å². The molecule has 0 aliphatic heterocycles. The third-order valence-corrected chi connectivity index (χ3v) is 5.75. The molecular weight excluding hydrogens is 196 g/mol. The quantitative estimate of drug-likeness (QED) is 0.659. The minimum atomic E-state index is -0.123. The minimum Gasteiger partial charge on any atom is -0.377 e. The number of hydrogen-bond acceptors (Lipinski definition) is 1. The summed E-state index contributed by atoms with van der Waals surface area (Å²) in [5, 5.41) is 0. The van der Waals surface area contributed by atoms with E-state index < -0.39 is 0 Å². The minimum absolute atomic E-state index is 0.123. The van der Waals surface area contributed by atoms with Crippen LogP contribution >= 0.6 is 0 Å². The molecule has 0 aromatic heterocycles. The van der Waals surface area contributed by atoms with E-state index in [1.165, 1.54) is 0 Å². The molecular formula is C15H32O. The fourth-order valence-electron chi connectivity index (χ4n) is 2.46. The average molecular weight is 228 g/mol. The van der Waals surface area contributed by atoms with Crippen LogP contribution in [0, 0.1) is 22.7 Å². The van der Waals surface area contributed by atoms with Gasteiger partial charge in [0.05, 0.1) is 5.60 Å². The fourth-order valence-corrected chi connectivity index (χ4v) is 2.46. The zero-order chi connectivity index (χ0) is 13.4. The van der Waals surface area contributed by atoms with E-state index in [9.17, 15) is 0 Å². The smallest absolute Gasteiger partial charge is 0.0756 e. The summed E-state index contributed by atoms with van der Waals surface area (Å²) in [6.07, 6.45) is 0. The molecule has 0 aliphatic rings. The molecule has 0 N–H and O–H groups in total. The molecule has 0 saturated carbocycles. The second-order valence-corrected chi connectivity index (χ2v) is 6.99. The van der Waals surface area contributed by atoms with Crippen molar-refractivity contribution < 1.29 is 4.74 Å². The van der Waals surface area contributed by atoms with Crippen molar-refractivity contribution in [3.63, 3.8) is 0 Å². The summed E-state index contributed by atoms with van der Waals surface area (Å²) in [6, 6.07) is 0. The molecule has 0 atom stereocenters. The molecule has 16 heavy (non-hydrogen) atoms. The van der Waals surface area contributed by atoms with Crippen LogP contribution in [0.15, 0.2) is 0 Å². The Kier molecular flexibility index (Phi) is 4.67. The maximum absolute atomic E-state index is 5.99. The molecule has 0 fully saturated rings. The lowest BCUT2D eigenvalue weighted by Gasteiger charge is -2.56. The van der Waals surface area contributed by atoms with Crippen molar-refractivity contribution >= 4 is 0 Å². The maximum atomic E-state index is 5.99. The van der Waals surface area contributed by atoms with Crippen molar-refractivity contribution in [1.29, 1.82) is 0 Å². The fraction of sp³-hybridized carbons (Fsp3) is 1.00. The number of hydrogen-bond donors (Lipinski definition) is 0. The Bertz CT molecular complexity index is 204. The highest BCUT2D eigenvalue weighted by Crippen LogP contribution is 2.53. The molecule has 0 aromatic carbocycles. The molecule has 98 valence electrons. The molecule has 0 bridgehead atoms. The highest BCUT2D eigenvalue weighted by atomic mass is 16.5. The second kappa shape index (κ2) is 4.68. The van der Waals surface area contributed by atoms with Gasteiger partial charge in [0.15, 0.2) is 0 Å². The zero-order valence-corrected chi connectivity index (χ0v) is 13.1. The van der Waals surface area contributed by atoms with Crippen LogP contribution in [-0.4, -0.2) is 12.7 Å². The topological polar surface area (TPSA) is 9.23 Å². The van der Waals surface area contributed by atoms with Gasteiger partial charge in [-0.25, -0.2) is 0 Å². The molecule has 0 heterocycles. The van der Waals surface area contributed by atoms with Gasteiger partial charge in [0.25, 0.3) is 0 Å². The van der Waals surface area contributed by atoms with Crippen molar-refractivity contribution in [2.45, 2.75) is 67.9 Å². The average Bonchev–Trinajstić information content (AvgIpc) is 2.15. The van der Waals surface area contributed by atoms with Crippen LogP contribution in [0.4, 0.5) is 0 Å². The standard InChI is InChI=1S/C15H32O/c1-11(2)13(5,6)15(9,16-10)14(7,8)12(3)4/h11-12H,1-10H3. The van der Waals surface area contributed by atoms with Crippen LogP contribution in [0.25, 0.3) is 0 Å². The van der Waals surface area contributed by atoms with Gasteiger partial charge in [0.1, 0.15) is 0 Å². The van der Waals surface area contributed by atoms with Crippen LogP contribution in [0.3, 0.4) is 0 Å². The lowest BCUT2D eigenvalue weighted by Crippen LogP contribution is -2.58. The van der Waals surface area contributed by atoms with Gasteiger partial charge in [-0.05, 0) is 29.6 Å². The molecule has 0 saturated heterocycles. The van der Waals surface area contributed by atoms with Crippen LogP contribution < -0.4 is 0 Å². The summed E-state index contributed by atoms with van der Waals surface area (Å²) < 4.78 is 5.99. The normalized spacial score (nSPS) is 15.0. The lowest BCUT2D eigenvalue weighted by atomic mass is 9.54. The van der Waals surface area contributed by atoms with Gasteiger partial charge in [-0.15, -0.1) is 0 Å². The third kappa shape index (κ3) is 2.16. The Balaban J connectivity index is 5.53. The van der Waals surface area contributed by atoms with E-state index in [4.69, 9.17) is 4.74 Å². The van der Waals surface area contributed by atoms with Crippen LogP contribution in [0.2, 0.25) is 0 Å². The first-order chi connectivity index (χ1) is 6.95. The van der Waals surface area contributed by atoms with Gasteiger partial charge < -0.3 is 4.74 Å². The largest absolute Gasteiger partial charge is 0.377 e. The number of ether oxygens (including phenoxy) is 1. The molecule has 1 heteroatoms. The van der Waals surface area contributed by atoms with Crippen molar-refractivity contribution in [1.82, 2.24) is 0 Å². The first kappa shape index (κ1) is 16.0. The van der Waals surface area contributed by atoms with Crippen molar-refractivity contribution in [2.75, 3.05) is 7.11 Å². The van der Waals surface area contributed by atoms with E-state index >= 15 is 0 Å². The molecule has 0 amide bonds. The molecule has 0 radical (unpaired) electrons. The number of methoxy groups -OCH3 is 1. The first-order valence-corrected chi connectivity index (χ1v) is 6.50. The Hall–Kier alpha value is -0.0400. The van der Waals surface area contributed by atoms with Gasteiger partial charge in [-0.3, -0.25) is 0 Å². The van der Waals surface area contributed by atoms with Crippen LogP contribution in [0.5, 0.6) is 0 Å². The zero-order valence-electron chi connectivity index (χ0n) is 13.1. The lowest BCUT2D eigenvalue weighted by molar-refractivity contribution is -0.189. The van der Waals surface area contributed by atoms with Crippen molar-refractivity contribution in [3.8, 4) is 0 Å². The third-order valence-electron chi connectivity index (χ3n) is 5.75. The van der Waals surface area contributed by atoms with Crippen LogP contribution in [-0.2, 0) is 4.74 Å². The molecule has 1 nitrogen and oxygen atoms in total. The van der Waals surface area contributed by atoms with Gasteiger partial charge in [-0.1, -0.05) is 55.4 Å². The molecule has 0 aromatic rings. The van der Waals surface area contributed by atoms with E-state index in [2.05, 4.69) is 62.3 Å². The second-order valence-electron chi connectivity index (χ2n) is 6.99. The predicted octanol–water partition coefficient (Wildman–Crippen LogP) is 4.76. The van der Waals surface area contributed by atoms with Gasteiger partial charge in [-0.2, -0.15) is 0 Å².